The molecule has 1 fully saturated rings. The van der Waals surface area contributed by atoms with Crippen molar-refractivity contribution in [1.29, 1.82) is 0 Å². The Balaban J connectivity index is 1.60. The zero-order valence-corrected chi connectivity index (χ0v) is 16.6. The van der Waals surface area contributed by atoms with Gasteiger partial charge < -0.3 is 20.9 Å². The Morgan fingerprint density at radius 3 is 2.89 bits per heavy atom. The molecule has 1 unspecified atom stereocenters. The molecule has 4 rings (SSSR count). The second-order valence-corrected chi connectivity index (χ2v) is 8.22. The van der Waals surface area contributed by atoms with E-state index >= 15 is 0 Å². The van der Waals surface area contributed by atoms with Gasteiger partial charge >= 0.3 is 0 Å². The van der Waals surface area contributed by atoms with Crippen LogP contribution in [0.2, 0.25) is 0 Å². The van der Waals surface area contributed by atoms with Gasteiger partial charge in [0.2, 0.25) is 0 Å². The van der Waals surface area contributed by atoms with Crippen molar-refractivity contribution in [2.45, 2.75) is 38.4 Å². The smallest absolute Gasteiger partial charge is 0.141 e. The number of likely N-dealkylation sites (tertiary alicyclic amines) is 1. The largest absolute Gasteiger partial charge is 0.383 e. The number of rotatable bonds is 6. The number of aliphatic imine (C=N–C) groups is 1. The summed E-state index contributed by atoms with van der Waals surface area (Å²) in [5.41, 5.74) is 15.5. The SMILES string of the molecule is CN1CCCC1CCn1c(CN)cc2cc(N=C(N)c3cccs3)ccc21. The van der Waals surface area contributed by atoms with Crippen LogP contribution in [0.4, 0.5) is 5.69 Å². The lowest BCUT2D eigenvalue weighted by Crippen LogP contribution is -2.26. The molecular formula is C21H27N5S. The Kier molecular flexibility index (Phi) is 5.29. The fraction of sp³-hybridized carbons (Fsp3) is 0.381. The molecule has 2 aromatic heterocycles. The van der Waals surface area contributed by atoms with Gasteiger partial charge in [0.15, 0.2) is 0 Å². The number of thiophene rings is 1. The molecule has 0 saturated carbocycles. The lowest BCUT2D eigenvalue weighted by molar-refractivity contribution is 0.286. The van der Waals surface area contributed by atoms with Crippen LogP contribution in [0.15, 0.2) is 46.8 Å². The first-order valence-corrected chi connectivity index (χ1v) is 10.4. The highest BCUT2D eigenvalue weighted by atomic mass is 32.1. The predicted octanol–water partition coefficient (Wildman–Crippen LogP) is 3.68. The van der Waals surface area contributed by atoms with Crippen molar-refractivity contribution in [2.75, 3.05) is 13.6 Å². The standard InChI is InChI=1S/C21H27N5S/c1-25-9-2-4-17(25)8-10-26-18(14-22)13-15-12-16(6-7-19(15)26)24-21(23)20-5-3-11-27-20/h3,5-7,11-13,17H,2,4,8-10,14,22H2,1H3,(H2,23,24). The fourth-order valence-corrected chi connectivity index (χ4v) is 4.69. The van der Waals surface area contributed by atoms with E-state index in [1.807, 2.05) is 23.6 Å². The van der Waals surface area contributed by atoms with Crippen LogP contribution < -0.4 is 11.5 Å². The number of hydrogen-bond acceptors (Lipinski definition) is 4. The molecule has 0 spiro atoms. The molecule has 0 aliphatic carbocycles. The molecule has 0 bridgehead atoms. The average Bonchev–Trinajstić information content (AvgIpc) is 3.39. The lowest BCUT2D eigenvalue weighted by Gasteiger charge is -2.20. The van der Waals surface area contributed by atoms with E-state index < -0.39 is 0 Å². The molecule has 1 aromatic carbocycles. The van der Waals surface area contributed by atoms with Crippen molar-refractivity contribution in [3.05, 3.63) is 52.3 Å². The summed E-state index contributed by atoms with van der Waals surface area (Å²) in [5.74, 6) is 0.562. The van der Waals surface area contributed by atoms with E-state index in [0.29, 0.717) is 18.4 Å². The molecule has 4 N–H and O–H groups in total. The molecule has 6 heteroatoms. The molecule has 0 radical (unpaired) electrons. The van der Waals surface area contributed by atoms with Gasteiger partial charge in [-0.1, -0.05) is 6.07 Å². The number of benzene rings is 1. The van der Waals surface area contributed by atoms with Crippen LogP contribution in [0.5, 0.6) is 0 Å². The Labute approximate surface area is 164 Å². The Hall–Kier alpha value is -2.15. The Morgan fingerprint density at radius 1 is 1.30 bits per heavy atom. The van der Waals surface area contributed by atoms with Crippen molar-refractivity contribution >= 4 is 33.8 Å². The molecule has 1 aliphatic rings. The monoisotopic (exact) mass is 381 g/mol. The summed E-state index contributed by atoms with van der Waals surface area (Å²) < 4.78 is 2.37. The third kappa shape index (κ3) is 3.78. The summed E-state index contributed by atoms with van der Waals surface area (Å²) in [6.07, 6.45) is 3.78. The lowest BCUT2D eigenvalue weighted by atomic mass is 10.1. The minimum atomic E-state index is 0.547. The van der Waals surface area contributed by atoms with Gasteiger partial charge in [0.05, 0.1) is 10.6 Å². The average molecular weight is 382 g/mol. The van der Waals surface area contributed by atoms with E-state index in [1.165, 1.54) is 42.4 Å². The van der Waals surface area contributed by atoms with Crippen LogP contribution in [0.1, 0.15) is 29.8 Å². The number of nitrogens with zero attached hydrogens (tertiary/aromatic N) is 3. The fourth-order valence-electron chi connectivity index (χ4n) is 4.06. The van der Waals surface area contributed by atoms with Gasteiger partial charge in [-0.05, 0) is 68.6 Å². The highest BCUT2D eigenvalue weighted by molar-refractivity contribution is 7.12. The molecule has 0 amide bonds. The van der Waals surface area contributed by atoms with Gasteiger partial charge in [-0.25, -0.2) is 4.99 Å². The zero-order valence-electron chi connectivity index (χ0n) is 15.8. The number of fused-ring (bicyclic) bond motifs is 1. The first kappa shape index (κ1) is 18.2. The van der Waals surface area contributed by atoms with Gasteiger partial charge in [-0.2, -0.15) is 0 Å². The maximum atomic E-state index is 6.14. The van der Waals surface area contributed by atoms with E-state index in [0.717, 1.165) is 17.1 Å². The van der Waals surface area contributed by atoms with Gasteiger partial charge in [-0.3, -0.25) is 0 Å². The summed E-state index contributed by atoms with van der Waals surface area (Å²) in [4.78, 5) is 8.07. The third-order valence-corrected chi connectivity index (χ3v) is 6.45. The molecule has 3 heterocycles. The molecule has 142 valence electrons. The van der Waals surface area contributed by atoms with Crippen LogP contribution >= 0.6 is 11.3 Å². The van der Waals surface area contributed by atoms with Crippen molar-refractivity contribution in [3.63, 3.8) is 0 Å². The topological polar surface area (TPSA) is 72.6 Å². The van der Waals surface area contributed by atoms with Crippen molar-refractivity contribution < 1.29 is 0 Å². The zero-order chi connectivity index (χ0) is 18.8. The minimum Gasteiger partial charge on any atom is -0.383 e. The molecule has 1 atom stereocenters. The Morgan fingerprint density at radius 2 is 2.19 bits per heavy atom. The van der Waals surface area contributed by atoms with Crippen molar-refractivity contribution in [3.8, 4) is 0 Å². The number of nitrogens with two attached hydrogens (primary N) is 2. The molecule has 5 nitrogen and oxygen atoms in total. The normalized spacial score (nSPS) is 18.6. The highest BCUT2D eigenvalue weighted by Gasteiger charge is 2.21. The number of amidine groups is 1. The molecule has 1 aliphatic heterocycles. The van der Waals surface area contributed by atoms with Gasteiger partial charge in [-0.15, -0.1) is 11.3 Å². The number of aromatic nitrogens is 1. The molecule has 27 heavy (non-hydrogen) atoms. The number of hydrogen-bond donors (Lipinski definition) is 2. The minimum absolute atomic E-state index is 0.547. The van der Waals surface area contributed by atoms with Crippen LogP contribution in [0.25, 0.3) is 10.9 Å². The van der Waals surface area contributed by atoms with E-state index in [9.17, 15) is 0 Å². The van der Waals surface area contributed by atoms with Gasteiger partial charge in [0, 0.05) is 35.7 Å². The predicted molar refractivity (Wildman–Crippen MR) is 115 cm³/mol. The second-order valence-electron chi connectivity index (χ2n) is 7.27. The summed E-state index contributed by atoms with van der Waals surface area (Å²) in [6, 6.07) is 13.1. The van der Waals surface area contributed by atoms with Crippen LogP contribution in [0, 0.1) is 0 Å². The third-order valence-electron chi connectivity index (χ3n) is 5.56. The van der Waals surface area contributed by atoms with Gasteiger partial charge in [0.25, 0.3) is 0 Å². The van der Waals surface area contributed by atoms with Crippen LogP contribution in [0.3, 0.4) is 0 Å². The quantitative estimate of drug-likeness (QED) is 0.505. The molecule has 3 aromatic rings. The van der Waals surface area contributed by atoms with Crippen LogP contribution in [-0.2, 0) is 13.1 Å². The Bertz CT molecular complexity index is 941. The van der Waals surface area contributed by atoms with Crippen LogP contribution in [-0.4, -0.2) is 34.9 Å². The second kappa shape index (κ2) is 7.84. The maximum absolute atomic E-state index is 6.14. The van der Waals surface area contributed by atoms with E-state index in [-0.39, 0.29) is 0 Å². The molecule has 1 saturated heterocycles. The summed E-state index contributed by atoms with van der Waals surface area (Å²) in [5, 5.41) is 3.19. The first-order valence-electron chi connectivity index (χ1n) is 9.56. The summed E-state index contributed by atoms with van der Waals surface area (Å²) in [7, 11) is 2.23. The van der Waals surface area contributed by atoms with Crippen molar-refractivity contribution in [1.82, 2.24) is 9.47 Å². The van der Waals surface area contributed by atoms with E-state index in [1.54, 1.807) is 11.3 Å². The van der Waals surface area contributed by atoms with Crippen molar-refractivity contribution in [2.24, 2.45) is 16.5 Å². The summed E-state index contributed by atoms with van der Waals surface area (Å²) in [6.45, 7) is 2.77. The maximum Gasteiger partial charge on any atom is 0.141 e. The summed E-state index contributed by atoms with van der Waals surface area (Å²) >= 11 is 1.60. The van der Waals surface area contributed by atoms with Gasteiger partial charge in [0.1, 0.15) is 5.84 Å². The molecular weight excluding hydrogens is 354 g/mol. The highest BCUT2D eigenvalue weighted by Crippen LogP contribution is 2.27. The first-order chi connectivity index (χ1) is 13.2. The van der Waals surface area contributed by atoms with E-state index in [2.05, 4.69) is 39.7 Å². The number of aryl methyl sites for hydroxylation is 1. The van der Waals surface area contributed by atoms with E-state index in [4.69, 9.17) is 11.5 Å².